The molecule has 21 heteroatoms. The lowest BCUT2D eigenvalue weighted by Crippen LogP contribution is -2.59. The van der Waals surface area contributed by atoms with E-state index in [0.29, 0.717) is 37.8 Å². The lowest BCUT2D eigenvalue weighted by molar-refractivity contribution is -0.146. The highest BCUT2D eigenvalue weighted by Crippen LogP contribution is 2.26. The summed E-state index contributed by atoms with van der Waals surface area (Å²) in [5.74, 6) is -6.66. The molecule has 2 aromatic rings. The summed E-state index contributed by atoms with van der Waals surface area (Å²) in [6.07, 6.45) is 2.86. The Morgan fingerprint density at radius 1 is 0.676 bits per heavy atom. The number of carbonyl (C=O) groups excluding carboxylic acids is 8. The second-order valence-corrected chi connectivity index (χ2v) is 19.0. The number of unbranched alkanes of at least 4 members (excludes halogenated alkanes) is 1. The average Bonchev–Trinajstić information content (AvgIpc) is 3.90. The summed E-state index contributed by atoms with van der Waals surface area (Å²) in [5.41, 5.74) is 13.2. The Bertz CT molecular complexity index is 2150. The first-order valence-electron chi connectivity index (χ1n) is 24.7. The Morgan fingerprint density at radius 2 is 1.24 bits per heavy atom. The Balaban J connectivity index is 1.40. The van der Waals surface area contributed by atoms with E-state index in [1.165, 1.54) is 11.9 Å². The van der Waals surface area contributed by atoms with Gasteiger partial charge in [-0.3, -0.25) is 43.4 Å². The minimum Gasteiger partial charge on any atom is -0.480 e. The van der Waals surface area contributed by atoms with Crippen LogP contribution in [0.25, 0.3) is 0 Å². The van der Waals surface area contributed by atoms with Gasteiger partial charge in [-0.05, 0) is 68.5 Å². The van der Waals surface area contributed by atoms with E-state index >= 15 is 0 Å². The average molecular weight is 990 g/mol. The van der Waals surface area contributed by atoms with Crippen molar-refractivity contribution in [2.75, 3.05) is 19.6 Å². The first-order valence-corrected chi connectivity index (χ1v) is 24.7. The fourth-order valence-electron chi connectivity index (χ4n) is 8.48. The number of aliphatic carboxylic acids is 1. The largest absolute Gasteiger partial charge is 0.480 e. The minimum absolute atomic E-state index is 0.0379. The van der Waals surface area contributed by atoms with Gasteiger partial charge < -0.3 is 53.8 Å². The fraction of sp³-hybridized carbons (Fsp3) is 0.580. The monoisotopic (exact) mass is 990 g/mol. The minimum atomic E-state index is -1.21. The van der Waals surface area contributed by atoms with Crippen LogP contribution in [-0.4, -0.2) is 142 Å². The van der Waals surface area contributed by atoms with Crippen LogP contribution in [0, 0.1) is 11.8 Å². The summed E-state index contributed by atoms with van der Waals surface area (Å²) in [6, 6.07) is 7.96. The number of hydrazine groups is 1. The van der Waals surface area contributed by atoms with E-state index in [4.69, 9.17) is 11.5 Å². The van der Waals surface area contributed by atoms with Crippen LogP contribution in [0.4, 0.5) is 0 Å². The molecule has 0 saturated carbocycles. The van der Waals surface area contributed by atoms with E-state index in [-0.39, 0.29) is 57.0 Å². The molecule has 2 aliphatic heterocycles. The molecule has 12 N–H and O–H groups in total. The topological polar surface area (TPSA) is 317 Å². The third-order valence-electron chi connectivity index (χ3n) is 12.8. The zero-order chi connectivity index (χ0) is 52.4. The predicted octanol–water partition coefficient (Wildman–Crippen LogP) is -0.240. The fourth-order valence-corrected chi connectivity index (χ4v) is 8.48. The number of nitrogens with two attached hydrogens (primary N) is 2. The summed E-state index contributed by atoms with van der Waals surface area (Å²) in [7, 11) is 0. The summed E-state index contributed by atoms with van der Waals surface area (Å²) in [4.78, 5) is 122. The molecule has 2 fully saturated rings. The lowest BCUT2D eigenvalue weighted by Gasteiger charge is -2.28. The van der Waals surface area contributed by atoms with Crippen molar-refractivity contribution in [3.05, 3.63) is 71.8 Å². The van der Waals surface area contributed by atoms with Crippen molar-refractivity contribution in [2.45, 2.75) is 154 Å². The molecule has 71 heavy (non-hydrogen) atoms. The Hall–Kier alpha value is -6.45. The zero-order valence-electron chi connectivity index (χ0n) is 41.8. The van der Waals surface area contributed by atoms with Crippen LogP contribution in [0.2, 0.25) is 0 Å². The van der Waals surface area contributed by atoms with Crippen LogP contribution in [0.1, 0.15) is 97.6 Å². The van der Waals surface area contributed by atoms with Crippen molar-refractivity contribution in [3.8, 4) is 0 Å². The van der Waals surface area contributed by atoms with Crippen molar-refractivity contribution in [1.29, 1.82) is 0 Å². The molecule has 0 spiro atoms. The summed E-state index contributed by atoms with van der Waals surface area (Å²) < 4.78 is 0. The van der Waals surface area contributed by atoms with E-state index in [9.17, 15) is 48.3 Å². The molecule has 0 bridgehead atoms. The van der Waals surface area contributed by atoms with E-state index < -0.39 is 108 Å². The third kappa shape index (κ3) is 16.8. The van der Waals surface area contributed by atoms with Crippen molar-refractivity contribution >= 4 is 53.2 Å². The van der Waals surface area contributed by atoms with Gasteiger partial charge in [0.15, 0.2) is 0 Å². The molecule has 8 amide bonds. The molecule has 2 aromatic carbocycles. The number of hydrogen-bond acceptors (Lipinski definition) is 12. The van der Waals surface area contributed by atoms with Crippen molar-refractivity contribution in [2.24, 2.45) is 23.3 Å². The number of nitrogens with zero attached hydrogens (tertiary/aromatic N) is 2. The van der Waals surface area contributed by atoms with Crippen LogP contribution < -0.4 is 48.7 Å². The van der Waals surface area contributed by atoms with E-state index in [0.717, 1.165) is 5.56 Å². The Morgan fingerprint density at radius 3 is 1.79 bits per heavy atom. The maximum absolute atomic E-state index is 14.1. The van der Waals surface area contributed by atoms with Gasteiger partial charge in [-0.1, -0.05) is 108 Å². The normalized spacial score (nSPS) is 18.9. The smallest absolute Gasteiger partial charge is 0.326 e. The van der Waals surface area contributed by atoms with Gasteiger partial charge in [-0.25, -0.2) is 9.80 Å². The Kier molecular flexibility index (Phi) is 22.4. The maximum Gasteiger partial charge on any atom is 0.326 e. The summed E-state index contributed by atoms with van der Waals surface area (Å²) in [5, 5.41) is 31.5. The number of nitrogens with one attached hydrogen (secondary N) is 7. The van der Waals surface area contributed by atoms with Crippen LogP contribution in [-0.2, 0) is 56.0 Å². The van der Waals surface area contributed by atoms with Gasteiger partial charge in [-0.15, -0.1) is 0 Å². The molecule has 0 aliphatic carbocycles. The molecular weight excluding hydrogens is 915 g/mol. The first kappa shape index (κ1) is 57.1. The van der Waals surface area contributed by atoms with Gasteiger partial charge in [0.25, 0.3) is 5.91 Å². The van der Waals surface area contributed by atoms with E-state index in [2.05, 4.69) is 37.2 Å². The van der Waals surface area contributed by atoms with Gasteiger partial charge in [0.1, 0.15) is 48.3 Å². The molecular formula is C50H75N11O10. The summed E-state index contributed by atoms with van der Waals surface area (Å²) in [6.45, 7) is 11.2. The second-order valence-electron chi connectivity index (χ2n) is 19.0. The number of carboxylic acid groups (broad SMARTS) is 1. The highest BCUT2D eigenvalue weighted by atomic mass is 16.4. The number of benzene rings is 2. The Labute approximate surface area is 416 Å². The van der Waals surface area contributed by atoms with Crippen molar-refractivity contribution < 1.29 is 48.3 Å². The van der Waals surface area contributed by atoms with Crippen molar-refractivity contribution in [3.63, 3.8) is 0 Å². The molecule has 21 nitrogen and oxygen atoms in total. The van der Waals surface area contributed by atoms with Crippen LogP contribution in [0.5, 0.6) is 0 Å². The number of carboxylic acids is 1. The molecule has 390 valence electrons. The standard InChI is InChI=1S/C50H75N11O10/c1-7-30(5)41(59-43(63)34(52)21-15-16-23-51)48(68)56-37(27-33-19-13-10-14-20-33)46(66)58-39-28-60-24-22-40(61(60)49(39)69)47(67)54-35(8-2)44(64)53-31(6)42(62)55-36(26-32-17-11-9-12-18-32)45(65)57-38(50(70)71)25-29(3)4/h9-14,17-20,29-31,34-41H,7-8,15-16,21-28,51-52H2,1-6H3,(H,53,64)(H,54,67)(H,55,62)(H,56,68)(H,57,65)(H,58,66)(H,59,63)(H,70,71)/t30?,31-,34?,35?,36?,37?,38-,39?,40?,41-/m0/s1. The SMILES string of the molecule is CCC(NC(=O)C1CCN2CC(NC(=O)C(Cc3ccccc3)NC(=O)[C@@H](NC(=O)C(N)CCCCN)C(C)CC)C(=O)N12)C(=O)N[C@@H](C)C(=O)NC(Cc1ccccc1)C(=O)N[C@@H](CC(C)C)C(=O)O. The molecule has 0 aromatic heterocycles. The molecule has 0 radical (unpaired) electrons. The number of hydrogen-bond donors (Lipinski definition) is 10. The van der Waals surface area contributed by atoms with Gasteiger partial charge in [0.05, 0.1) is 6.04 Å². The van der Waals surface area contributed by atoms with Crippen LogP contribution in [0.15, 0.2) is 60.7 Å². The van der Waals surface area contributed by atoms with Crippen LogP contribution in [0.3, 0.4) is 0 Å². The first-order chi connectivity index (χ1) is 33.8. The lowest BCUT2D eigenvalue weighted by atomic mass is 9.96. The highest BCUT2D eigenvalue weighted by Gasteiger charge is 2.49. The number of fused-ring (bicyclic) bond motifs is 1. The van der Waals surface area contributed by atoms with E-state index in [1.807, 2.05) is 26.8 Å². The van der Waals surface area contributed by atoms with Gasteiger partial charge in [-0.2, -0.15) is 0 Å². The number of rotatable bonds is 28. The highest BCUT2D eigenvalue weighted by molar-refractivity contribution is 5.98. The van der Waals surface area contributed by atoms with Gasteiger partial charge >= 0.3 is 5.97 Å². The third-order valence-corrected chi connectivity index (χ3v) is 12.8. The quantitative estimate of drug-likeness (QED) is 0.0493. The predicted molar refractivity (Wildman–Crippen MR) is 264 cm³/mol. The van der Waals surface area contributed by atoms with Crippen LogP contribution >= 0.6 is 0 Å². The second kappa shape index (κ2) is 27.8. The molecule has 7 unspecified atom stereocenters. The van der Waals surface area contributed by atoms with E-state index in [1.54, 1.807) is 73.5 Å². The molecule has 2 saturated heterocycles. The van der Waals surface area contributed by atoms with Crippen molar-refractivity contribution in [1.82, 2.24) is 47.2 Å². The maximum atomic E-state index is 14.1. The number of amides is 8. The molecule has 2 heterocycles. The molecule has 4 rings (SSSR count). The molecule has 10 atom stereocenters. The zero-order valence-corrected chi connectivity index (χ0v) is 41.8. The summed E-state index contributed by atoms with van der Waals surface area (Å²) >= 11 is 0. The molecule has 2 aliphatic rings. The van der Waals surface area contributed by atoms with Gasteiger partial charge in [0, 0.05) is 25.9 Å². The number of carbonyl (C=O) groups is 9. The van der Waals surface area contributed by atoms with Gasteiger partial charge in [0.2, 0.25) is 41.4 Å².